The number of hydrogen-bond donors (Lipinski definition) is 1. The molecule has 1 aliphatic carbocycles. The van der Waals surface area contributed by atoms with Crippen LogP contribution in [0.4, 0.5) is 0 Å². The lowest BCUT2D eigenvalue weighted by atomic mass is 9.85. The van der Waals surface area contributed by atoms with Crippen LogP contribution in [0.25, 0.3) is 0 Å². The quantitative estimate of drug-likeness (QED) is 0.638. The van der Waals surface area contributed by atoms with Gasteiger partial charge in [-0.2, -0.15) is 0 Å². The molecule has 4 heteroatoms. The van der Waals surface area contributed by atoms with Crippen LogP contribution >= 0.6 is 0 Å². The predicted molar refractivity (Wildman–Crippen MR) is 88.2 cm³/mol. The van der Waals surface area contributed by atoms with E-state index in [-0.39, 0.29) is 18.2 Å². The Hall–Kier alpha value is -1.19. The van der Waals surface area contributed by atoms with Gasteiger partial charge < -0.3 is 17.3 Å². The Morgan fingerprint density at radius 1 is 1.00 bits per heavy atom. The van der Waals surface area contributed by atoms with Gasteiger partial charge in [-0.25, -0.2) is 0 Å². The molecule has 3 nitrogen and oxygen atoms in total. The van der Waals surface area contributed by atoms with Crippen LogP contribution in [0.1, 0.15) is 55.3 Å². The van der Waals surface area contributed by atoms with E-state index in [4.69, 9.17) is 0 Å². The smallest absolute Gasteiger partial charge is 0.168 e. The second-order valence-electron chi connectivity index (χ2n) is 6.55. The average molecular weight is 338 g/mol. The van der Waals surface area contributed by atoms with Gasteiger partial charge in [0.05, 0.1) is 33.0 Å². The van der Waals surface area contributed by atoms with Gasteiger partial charge in [-0.1, -0.05) is 49.6 Å². The Bertz CT molecular complexity index is 483. The Labute approximate surface area is 145 Å². The molecule has 0 bridgehead atoms. The molecule has 1 aromatic rings. The lowest BCUT2D eigenvalue weighted by molar-refractivity contribution is -0.878. The number of carbonyl (C=O) groups is 2. The maximum Gasteiger partial charge on any atom is 0.168 e. The molecule has 1 aliphatic rings. The molecule has 23 heavy (non-hydrogen) atoms. The van der Waals surface area contributed by atoms with Crippen molar-refractivity contribution in [1.29, 1.82) is 0 Å². The molecule has 0 heterocycles. The zero-order valence-corrected chi connectivity index (χ0v) is 14.8. The third-order valence-corrected chi connectivity index (χ3v) is 4.73. The van der Waals surface area contributed by atoms with Crippen LogP contribution in [0, 0.1) is 5.92 Å². The number of hydrogen-bond acceptors (Lipinski definition) is 2. The van der Waals surface area contributed by atoms with Crippen LogP contribution in [0.3, 0.4) is 0 Å². The fourth-order valence-electron chi connectivity index (χ4n) is 3.19. The molecule has 2 rings (SSSR count). The number of nitrogens with one attached hydrogen (secondary N) is 1. The first-order valence-electron chi connectivity index (χ1n) is 8.59. The van der Waals surface area contributed by atoms with Crippen LogP contribution in [0.5, 0.6) is 0 Å². The molecular weight excluding hydrogens is 310 g/mol. The second kappa shape index (κ2) is 10.6. The molecule has 0 radical (unpaired) electrons. The van der Waals surface area contributed by atoms with Crippen molar-refractivity contribution in [2.24, 2.45) is 5.92 Å². The van der Waals surface area contributed by atoms with Crippen molar-refractivity contribution in [3.63, 3.8) is 0 Å². The van der Waals surface area contributed by atoms with Crippen molar-refractivity contribution < 1.29 is 26.9 Å². The van der Waals surface area contributed by atoms with E-state index in [0.717, 1.165) is 31.5 Å². The third-order valence-electron chi connectivity index (χ3n) is 4.73. The molecule has 0 spiro atoms. The van der Waals surface area contributed by atoms with E-state index >= 15 is 0 Å². The molecule has 1 aromatic carbocycles. The van der Waals surface area contributed by atoms with Gasteiger partial charge in [-0.15, -0.1) is 0 Å². The van der Waals surface area contributed by atoms with Crippen molar-refractivity contribution in [2.75, 3.05) is 20.1 Å². The van der Waals surface area contributed by atoms with Gasteiger partial charge >= 0.3 is 0 Å². The van der Waals surface area contributed by atoms with Gasteiger partial charge in [0, 0.05) is 11.5 Å². The van der Waals surface area contributed by atoms with Gasteiger partial charge in [-0.05, 0) is 12.8 Å². The summed E-state index contributed by atoms with van der Waals surface area (Å²) in [6.45, 7) is 1.64. The SMILES string of the molecule is C[NH+](CCC(=O)c1ccccc1)CCC(=O)C1CCCCC1.[Cl-]. The Morgan fingerprint density at radius 2 is 1.61 bits per heavy atom. The first kappa shape index (κ1) is 19.9. The normalized spacial score (nSPS) is 16.4. The lowest BCUT2D eigenvalue weighted by Gasteiger charge is -2.21. The highest BCUT2D eigenvalue weighted by Gasteiger charge is 2.21. The van der Waals surface area contributed by atoms with Gasteiger partial charge in [0.2, 0.25) is 0 Å². The number of benzene rings is 1. The van der Waals surface area contributed by atoms with Crippen LogP contribution < -0.4 is 17.3 Å². The first-order chi connectivity index (χ1) is 10.7. The first-order valence-corrected chi connectivity index (χ1v) is 8.59. The number of rotatable bonds is 8. The van der Waals surface area contributed by atoms with E-state index in [1.54, 1.807) is 0 Å². The molecular formula is C19H28ClNO2. The maximum atomic E-state index is 12.2. The molecule has 1 unspecified atom stereocenters. The van der Waals surface area contributed by atoms with Gasteiger partial charge in [0.15, 0.2) is 5.78 Å². The van der Waals surface area contributed by atoms with Crippen molar-refractivity contribution in [1.82, 2.24) is 0 Å². The summed E-state index contributed by atoms with van der Waals surface area (Å²) >= 11 is 0. The minimum absolute atomic E-state index is 0. The van der Waals surface area contributed by atoms with Crippen LogP contribution in [-0.2, 0) is 4.79 Å². The largest absolute Gasteiger partial charge is 1.00 e. The lowest BCUT2D eigenvalue weighted by Crippen LogP contribution is -3.09. The van der Waals surface area contributed by atoms with Crippen molar-refractivity contribution in [2.45, 2.75) is 44.9 Å². The van der Waals surface area contributed by atoms with Crippen LogP contribution in [0.2, 0.25) is 0 Å². The summed E-state index contributed by atoms with van der Waals surface area (Å²) in [6.07, 6.45) is 7.10. The molecule has 1 N–H and O–H groups in total. The number of ketones is 2. The van der Waals surface area contributed by atoms with E-state index in [0.29, 0.717) is 24.5 Å². The van der Waals surface area contributed by atoms with E-state index in [1.807, 2.05) is 30.3 Å². The minimum Gasteiger partial charge on any atom is -1.00 e. The molecule has 0 aliphatic heterocycles. The maximum absolute atomic E-state index is 12.2. The molecule has 1 saturated carbocycles. The summed E-state index contributed by atoms with van der Waals surface area (Å²) in [6, 6.07) is 9.44. The van der Waals surface area contributed by atoms with Gasteiger partial charge in [0.1, 0.15) is 5.78 Å². The zero-order valence-electron chi connectivity index (χ0n) is 14.0. The standard InChI is InChI=1S/C19H27NO2.ClH/c1-20(14-12-18(21)16-8-4-2-5-9-16)15-13-19(22)17-10-6-3-7-11-17;/h2,4-5,8-9,17H,3,6-7,10-15H2,1H3;1H. The van der Waals surface area contributed by atoms with Gasteiger partial charge in [0.25, 0.3) is 0 Å². The number of halogens is 1. The van der Waals surface area contributed by atoms with Crippen LogP contribution in [-0.4, -0.2) is 31.7 Å². The topological polar surface area (TPSA) is 38.6 Å². The zero-order chi connectivity index (χ0) is 15.8. The molecule has 0 amide bonds. The minimum atomic E-state index is 0. The fourth-order valence-corrected chi connectivity index (χ4v) is 3.19. The highest BCUT2D eigenvalue weighted by Crippen LogP contribution is 2.24. The predicted octanol–water partition coefficient (Wildman–Crippen LogP) is -0.682. The van der Waals surface area contributed by atoms with E-state index in [1.165, 1.54) is 24.2 Å². The molecule has 1 atom stereocenters. The summed E-state index contributed by atoms with van der Waals surface area (Å²) in [5, 5.41) is 0. The summed E-state index contributed by atoms with van der Waals surface area (Å²) in [5.41, 5.74) is 0.786. The summed E-state index contributed by atoms with van der Waals surface area (Å²) in [5.74, 6) is 0.944. The molecule has 0 aromatic heterocycles. The fraction of sp³-hybridized carbons (Fsp3) is 0.579. The molecule has 128 valence electrons. The Morgan fingerprint density at radius 3 is 2.26 bits per heavy atom. The monoisotopic (exact) mass is 337 g/mol. The van der Waals surface area contributed by atoms with E-state index in [2.05, 4.69) is 7.05 Å². The summed E-state index contributed by atoms with van der Waals surface area (Å²) in [7, 11) is 2.08. The number of Topliss-reactive ketones (excluding diaryl/α,β-unsaturated/α-hetero) is 2. The number of carbonyl (C=O) groups excluding carboxylic acids is 2. The highest BCUT2D eigenvalue weighted by molar-refractivity contribution is 5.96. The van der Waals surface area contributed by atoms with Gasteiger partial charge in [-0.3, -0.25) is 9.59 Å². The summed E-state index contributed by atoms with van der Waals surface area (Å²) in [4.78, 5) is 25.5. The van der Waals surface area contributed by atoms with Crippen molar-refractivity contribution in [3.8, 4) is 0 Å². The number of quaternary nitrogens is 1. The Balaban J connectivity index is 0.00000264. The van der Waals surface area contributed by atoms with E-state index < -0.39 is 0 Å². The Kier molecular flexibility index (Phi) is 9.12. The average Bonchev–Trinajstić information content (AvgIpc) is 2.59. The molecule has 0 saturated heterocycles. The van der Waals surface area contributed by atoms with Crippen LogP contribution in [0.15, 0.2) is 30.3 Å². The second-order valence-corrected chi connectivity index (χ2v) is 6.55. The molecule has 1 fully saturated rings. The third kappa shape index (κ3) is 6.84. The highest BCUT2D eigenvalue weighted by atomic mass is 35.5. The van der Waals surface area contributed by atoms with Crippen molar-refractivity contribution in [3.05, 3.63) is 35.9 Å². The summed E-state index contributed by atoms with van der Waals surface area (Å²) < 4.78 is 0. The van der Waals surface area contributed by atoms with Crippen molar-refractivity contribution >= 4 is 11.6 Å². The van der Waals surface area contributed by atoms with E-state index in [9.17, 15) is 9.59 Å².